The average molecular weight is 551 g/mol. The van der Waals surface area contributed by atoms with Crippen molar-refractivity contribution in [3.05, 3.63) is 66.2 Å². The number of aliphatic hydroxyl groups is 1. The summed E-state index contributed by atoms with van der Waals surface area (Å²) >= 11 is 0. The van der Waals surface area contributed by atoms with Gasteiger partial charge < -0.3 is 24.8 Å². The number of hydrogen-bond donors (Lipinski definition) is 4. The first-order valence-electron chi connectivity index (χ1n) is 12.0. The Hall–Kier alpha value is -3.24. The molecule has 2 rings (SSSR count). The molecule has 0 aliphatic rings. The predicted octanol–water partition coefficient (Wildman–Crippen LogP) is 2.93. The van der Waals surface area contributed by atoms with Crippen LogP contribution in [0.25, 0.3) is 0 Å². The van der Waals surface area contributed by atoms with Gasteiger partial charge in [-0.15, -0.1) is 0 Å². The number of carbonyl (C=O) groups is 3. The fraction of sp³-hybridized carbons (Fsp3) is 0.423. The molecule has 0 fully saturated rings. The second kappa shape index (κ2) is 14.6. The molecule has 0 heterocycles. The van der Waals surface area contributed by atoms with E-state index in [2.05, 4.69) is 15.1 Å². The van der Waals surface area contributed by atoms with E-state index < -0.39 is 49.8 Å². The van der Waals surface area contributed by atoms with Gasteiger partial charge in [0.05, 0.1) is 20.1 Å². The molecule has 2 aromatic carbocycles. The van der Waals surface area contributed by atoms with E-state index in [1.807, 2.05) is 30.3 Å². The second-order valence-electron chi connectivity index (χ2n) is 9.23. The number of amides is 1. The van der Waals surface area contributed by atoms with E-state index in [1.165, 1.54) is 33.1 Å². The number of aliphatic hydroxyl groups excluding tert-OH is 1. The maximum absolute atomic E-state index is 13.8. The number of benzene rings is 2. The molecule has 4 N–H and O–H groups in total. The van der Waals surface area contributed by atoms with Crippen LogP contribution < -0.4 is 14.9 Å². The number of nitrogens with one attached hydrogen (secondary N) is 2. The van der Waals surface area contributed by atoms with E-state index in [1.54, 1.807) is 18.2 Å². The van der Waals surface area contributed by atoms with Crippen LogP contribution in [0.2, 0.25) is 0 Å². The summed E-state index contributed by atoms with van der Waals surface area (Å²) < 4.78 is 29.5. The fourth-order valence-corrected chi connectivity index (χ4v) is 4.97. The summed E-state index contributed by atoms with van der Waals surface area (Å²) in [6.07, 6.45) is -1.18. The number of carboxylic acids is 1. The highest BCUT2D eigenvalue weighted by atomic mass is 31.2. The van der Waals surface area contributed by atoms with E-state index in [9.17, 15) is 29.2 Å². The molecule has 11 nitrogen and oxygen atoms in total. The molecule has 0 aliphatic carbocycles. The van der Waals surface area contributed by atoms with Gasteiger partial charge in [0, 0.05) is 12.0 Å². The first kappa shape index (κ1) is 31.0. The van der Waals surface area contributed by atoms with Crippen LogP contribution in [-0.4, -0.2) is 60.5 Å². The standard InChI is InChI=1S/C26H35N2O9P/c1-26(2,23(30)24(31)27-17-16-22(29)35-3)18-36-38(34,37-20-12-8-5-9-13-20)28-21(25(32)33)15-14-19-10-6-4-7-11-19/h4-13,21,23,30H,14-18H2,1-3H3,(H,27,31)(H,28,34)(H,32,33)/t21-,23-,38?/m0/s1. The number of methoxy groups -OCH3 is 1. The summed E-state index contributed by atoms with van der Waals surface area (Å²) in [4.78, 5) is 35.6. The number of para-hydroxylation sites is 1. The zero-order chi connectivity index (χ0) is 28.2. The second-order valence-corrected chi connectivity index (χ2v) is 10.9. The van der Waals surface area contributed by atoms with E-state index in [4.69, 9.17) is 9.05 Å². The van der Waals surface area contributed by atoms with Gasteiger partial charge in [0.1, 0.15) is 17.9 Å². The highest BCUT2D eigenvalue weighted by Gasteiger charge is 2.39. The lowest BCUT2D eigenvalue weighted by atomic mass is 9.87. The molecule has 0 aromatic heterocycles. The Kier molecular flexibility index (Phi) is 11.9. The van der Waals surface area contributed by atoms with E-state index >= 15 is 0 Å². The molecule has 1 amide bonds. The largest absolute Gasteiger partial charge is 0.480 e. The molecule has 0 spiro atoms. The van der Waals surface area contributed by atoms with E-state index in [0.29, 0.717) is 6.42 Å². The minimum absolute atomic E-state index is 0.0433. The lowest BCUT2D eigenvalue weighted by molar-refractivity contribution is -0.141. The quantitative estimate of drug-likeness (QED) is 0.181. The van der Waals surface area contributed by atoms with Crippen molar-refractivity contribution in [3.8, 4) is 5.75 Å². The number of esters is 1. The maximum atomic E-state index is 13.8. The molecule has 0 aliphatic heterocycles. The normalized spacial score (nSPS) is 14.5. The van der Waals surface area contributed by atoms with Gasteiger partial charge in [0.15, 0.2) is 0 Å². The van der Waals surface area contributed by atoms with Crippen LogP contribution in [-0.2, 0) is 34.6 Å². The maximum Gasteiger partial charge on any atom is 0.459 e. The van der Waals surface area contributed by atoms with Crippen molar-refractivity contribution < 1.29 is 42.9 Å². The third-order valence-electron chi connectivity index (χ3n) is 5.60. The molecule has 2 aromatic rings. The van der Waals surface area contributed by atoms with Crippen molar-refractivity contribution >= 4 is 25.6 Å². The summed E-state index contributed by atoms with van der Waals surface area (Å²) in [5, 5.41) is 25.3. The highest BCUT2D eigenvalue weighted by Crippen LogP contribution is 2.46. The van der Waals surface area contributed by atoms with Crippen molar-refractivity contribution in [2.24, 2.45) is 5.41 Å². The highest BCUT2D eigenvalue weighted by molar-refractivity contribution is 7.52. The Morgan fingerprint density at radius 1 is 1.03 bits per heavy atom. The summed E-state index contributed by atoms with van der Waals surface area (Å²) in [5.74, 6) is -2.35. The summed E-state index contributed by atoms with van der Waals surface area (Å²) in [6, 6.07) is 16.1. The lowest BCUT2D eigenvalue weighted by Gasteiger charge is -2.31. The minimum Gasteiger partial charge on any atom is -0.480 e. The molecule has 0 bridgehead atoms. The van der Waals surface area contributed by atoms with Gasteiger partial charge >= 0.3 is 19.7 Å². The third kappa shape index (κ3) is 10.3. The van der Waals surface area contributed by atoms with Crippen LogP contribution in [0.1, 0.15) is 32.3 Å². The van der Waals surface area contributed by atoms with Crippen molar-refractivity contribution in [1.29, 1.82) is 0 Å². The van der Waals surface area contributed by atoms with Crippen LogP contribution in [0.15, 0.2) is 60.7 Å². The number of carboxylic acid groups (broad SMARTS) is 1. The van der Waals surface area contributed by atoms with Crippen LogP contribution in [0, 0.1) is 5.41 Å². The van der Waals surface area contributed by atoms with Gasteiger partial charge in [-0.2, -0.15) is 5.09 Å². The third-order valence-corrected chi connectivity index (χ3v) is 7.14. The van der Waals surface area contributed by atoms with E-state index in [0.717, 1.165) is 5.56 Å². The molecular weight excluding hydrogens is 515 g/mol. The molecule has 1 unspecified atom stereocenters. The molecule has 12 heteroatoms. The zero-order valence-corrected chi connectivity index (χ0v) is 22.6. The molecule has 38 heavy (non-hydrogen) atoms. The zero-order valence-electron chi connectivity index (χ0n) is 21.7. The Labute approximate surface area is 222 Å². The molecule has 208 valence electrons. The lowest BCUT2D eigenvalue weighted by Crippen LogP contribution is -2.46. The number of rotatable bonds is 16. The van der Waals surface area contributed by atoms with Crippen molar-refractivity contribution in [2.75, 3.05) is 20.3 Å². The van der Waals surface area contributed by atoms with Gasteiger partial charge in [0.2, 0.25) is 5.91 Å². The number of ether oxygens (including phenoxy) is 1. The van der Waals surface area contributed by atoms with Crippen molar-refractivity contribution in [1.82, 2.24) is 10.4 Å². The van der Waals surface area contributed by atoms with Crippen molar-refractivity contribution in [2.45, 2.75) is 45.3 Å². The summed E-state index contributed by atoms with van der Waals surface area (Å²) in [6.45, 7) is 2.54. The molecule has 0 radical (unpaired) electrons. The molecular formula is C26H35N2O9P. The summed E-state index contributed by atoms with van der Waals surface area (Å²) in [5.41, 5.74) is -0.363. The Morgan fingerprint density at radius 3 is 2.21 bits per heavy atom. The number of aryl methyl sites for hydroxylation is 1. The number of hydrogen-bond acceptors (Lipinski definition) is 8. The molecule has 0 saturated carbocycles. The van der Waals surface area contributed by atoms with Gasteiger partial charge in [-0.3, -0.25) is 18.9 Å². The van der Waals surface area contributed by atoms with E-state index in [-0.39, 0.29) is 25.1 Å². The first-order valence-corrected chi connectivity index (χ1v) is 13.6. The molecule has 3 atom stereocenters. The van der Waals surface area contributed by atoms with Crippen LogP contribution in [0.3, 0.4) is 0 Å². The minimum atomic E-state index is -4.31. The van der Waals surface area contributed by atoms with Gasteiger partial charge in [-0.1, -0.05) is 62.4 Å². The first-order chi connectivity index (χ1) is 18.0. The average Bonchev–Trinajstić information content (AvgIpc) is 2.90. The Bertz CT molecular complexity index is 1100. The summed E-state index contributed by atoms with van der Waals surface area (Å²) in [7, 11) is -3.09. The van der Waals surface area contributed by atoms with Gasteiger partial charge in [-0.05, 0) is 30.5 Å². The Balaban J connectivity index is 2.13. The predicted molar refractivity (Wildman–Crippen MR) is 139 cm³/mol. The van der Waals surface area contributed by atoms with Gasteiger partial charge in [-0.25, -0.2) is 4.57 Å². The molecule has 0 saturated heterocycles. The SMILES string of the molecule is COC(=O)CCNC(=O)[C@H](O)C(C)(C)COP(=O)(N[C@@H](CCc1ccccc1)C(=O)O)Oc1ccccc1. The van der Waals surface area contributed by atoms with Crippen LogP contribution >= 0.6 is 7.75 Å². The van der Waals surface area contributed by atoms with Gasteiger partial charge in [0.25, 0.3) is 0 Å². The Morgan fingerprint density at radius 2 is 1.63 bits per heavy atom. The smallest absolute Gasteiger partial charge is 0.459 e. The van der Waals surface area contributed by atoms with Crippen molar-refractivity contribution in [3.63, 3.8) is 0 Å². The van der Waals surface area contributed by atoms with Crippen LogP contribution in [0.4, 0.5) is 0 Å². The monoisotopic (exact) mass is 550 g/mol. The number of aliphatic carboxylic acids is 1. The fourth-order valence-electron chi connectivity index (χ4n) is 3.27. The number of carbonyl (C=O) groups excluding carboxylic acids is 2. The van der Waals surface area contributed by atoms with Crippen LogP contribution in [0.5, 0.6) is 5.75 Å². The topological polar surface area (TPSA) is 160 Å².